The third kappa shape index (κ3) is 4.01. The average Bonchev–Trinajstić information content (AvgIpc) is 3.36. The molecule has 0 spiro atoms. The molecule has 1 unspecified atom stereocenters. The Balaban J connectivity index is 1.47. The zero-order valence-corrected chi connectivity index (χ0v) is 15.6. The number of nitrogens with one attached hydrogen (secondary N) is 1. The van der Waals surface area contributed by atoms with Crippen molar-refractivity contribution in [3.63, 3.8) is 0 Å². The van der Waals surface area contributed by atoms with Crippen molar-refractivity contribution in [1.29, 1.82) is 0 Å². The van der Waals surface area contributed by atoms with Crippen LogP contribution in [-0.4, -0.2) is 47.2 Å². The fourth-order valence-electron chi connectivity index (χ4n) is 3.64. The Bertz CT molecular complexity index is 973. The summed E-state index contributed by atoms with van der Waals surface area (Å²) in [5.74, 6) is -0.348. The molecule has 2 aromatic carbocycles. The van der Waals surface area contributed by atoms with Crippen LogP contribution in [0.2, 0.25) is 0 Å². The van der Waals surface area contributed by atoms with E-state index in [0.717, 1.165) is 6.42 Å². The number of nitrogens with zero attached hydrogens (tertiary/aromatic N) is 1. The molecule has 2 N–H and O–H groups in total. The van der Waals surface area contributed by atoms with E-state index >= 15 is 0 Å². The number of aliphatic carboxylic acids is 1. The Labute approximate surface area is 167 Å². The number of hydrogen-bond acceptors (Lipinski definition) is 5. The topological polar surface area (TPSA) is 105 Å². The highest BCUT2D eigenvalue weighted by Crippen LogP contribution is 2.33. The van der Waals surface area contributed by atoms with Gasteiger partial charge in [0.1, 0.15) is 6.04 Å². The van der Waals surface area contributed by atoms with E-state index < -0.39 is 12.0 Å². The van der Waals surface area contributed by atoms with Gasteiger partial charge < -0.3 is 24.8 Å². The van der Waals surface area contributed by atoms with Crippen LogP contribution in [0.25, 0.3) is 0 Å². The summed E-state index contributed by atoms with van der Waals surface area (Å²) in [6.07, 6.45) is 1.17. The minimum Gasteiger partial charge on any atom is -0.481 e. The molecule has 2 amide bonds. The smallest absolute Gasteiger partial charge is 0.307 e. The summed E-state index contributed by atoms with van der Waals surface area (Å²) >= 11 is 0. The highest BCUT2D eigenvalue weighted by Gasteiger charge is 2.35. The Morgan fingerprint density at radius 3 is 2.76 bits per heavy atom. The number of fused-ring (bicyclic) bond motifs is 1. The second-order valence-corrected chi connectivity index (χ2v) is 6.98. The van der Waals surface area contributed by atoms with E-state index in [-0.39, 0.29) is 25.0 Å². The highest BCUT2D eigenvalue weighted by molar-refractivity contribution is 6.02. The Morgan fingerprint density at radius 2 is 1.93 bits per heavy atom. The predicted molar refractivity (Wildman–Crippen MR) is 103 cm³/mol. The number of carboxylic acids is 1. The first kappa shape index (κ1) is 18.8. The van der Waals surface area contributed by atoms with Crippen LogP contribution in [-0.2, 0) is 16.0 Å². The standard InChI is InChI=1S/C21H20N2O6/c24-19(25)10-13-3-1-4-15(9-13)22-20(26)16-5-2-8-23(16)21(27)14-6-7-17-18(11-14)29-12-28-17/h1,3-4,6-7,9,11,16H,2,5,8,10,12H2,(H,22,26)(H,24,25). The highest BCUT2D eigenvalue weighted by atomic mass is 16.7. The Hall–Kier alpha value is -3.55. The number of hydrogen-bond donors (Lipinski definition) is 2. The van der Waals surface area contributed by atoms with Crippen LogP contribution in [0.4, 0.5) is 5.69 Å². The summed E-state index contributed by atoms with van der Waals surface area (Å²) in [5, 5.41) is 11.7. The quantitative estimate of drug-likeness (QED) is 0.803. The minimum atomic E-state index is -0.940. The molecule has 4 rings (SSSR count). The van der Waals surface area contributed by atoms with Gasteiger partial charge in [0.05, 0.1) is 6.42 Å². The van der Waals surface area contributed by atoms with E-state index in [1.807, 2.05) is 0 Å². The monoisotopic (exact) mass is 396 g/mol. The molecule has 2 aliphatic heterocycles. The Morgan fingerprint density at radius 1 is 1.10 bits per heavy atom. The minimum absolute atomic E-state index is 0.123. The molecule has 0 aromatic heterocycles. The molecular weight excluding hydrogens is 376 g/mol. The first-order valence-corrected chi connectivity index (χ1v) is 9.33. The summed E-state index contributed by atoms with van der Waals surface area (Å²) in [6.45, 7) is 0.618. The number of carbonyl (C=O) groups excluding carboxylic acids is 2. The summed E-state index contributed by atoms with van der Waals surface area (Å²) in [4.78, 5) is 38.2. The molecule has 2 aromatic rings. The third-order valence-corrected chi connectivity index (χ3v) is 4.99. The first-order chi connectivity index (χ1) is 14.0. The molecule has 1 atom stereocenters. The van der Waals surface area contributed by atoms with E-state index in [1.165, 1.54) is 0 Å². The van der Waals surface area contributed by atoms with Crippen molar-refractivity contribution in [3.05, 3.63) is 53.6 Å². The summed E-state index contributed by atoms with van der Waals surface area (Å²) in [6, 6.07) is 11.1. The predicted octanol–water partition coefficient (Wildman–Crippen LogP) is 2.29. The lowest BCUT2D eigenvalue weighted by Gasteiger charge is -2.24. The third-order valence-electron chi connectivity index (χ3n) is 4.99. The lowest BCUT2D eigenvalue weighted by molar-refractivity contribution is -0.136. The van der Waals surface area contributed by atoms with Crippen LogP contribution in [0.3, 0.4) is 0 Å². The van der Waals surface area contributed by atoms with Crippen molar-refractivity contribution >= 4 is 23.5 Å². The molecule has 8 heteroatoms. The van der Waals surface area contributed by atoms with Crippen molar-refractivity contribution < 1.29 is 29.0 Å². The van der Waals surface area contributed by atoms with Gasteiger partial charge in [0.25, 0.3) is 5.91 Å². The van der Waals surface area contributed by atoms with Crippen LogP contribution in [0, 0.1) is 0 Å². The molecule has 0 aliphatic carbocycles. The van der Waals surface area contributed by atoms with Crippen molar-refractivity contribution in [2.75, 3.05) is 18.7 Å². The average molecular weight is 396 g/mol. The molecule has 1 fully saturated rings. The maximum Gasteiger partial charge on any atom is 0.307 e. The number of likely N-dealkylation sites (tertiary alicyclic amines) is 1. The molecule has 29 heavy (non-hydrogen) atoms. The molecule has 8 nitrogen and oxygen atoms in total. The number of rotatable bonds is 5. The molecule has 2 aliphatic rings. The van der Waals surface area contributed by atoms with Crippen molar-refractivity contribution in [2.45, 2.75) is 25.3 Å². The maximum absolute atomic E-state index is 13.0. The lowest BCUT2D eigenvalue weighted by atomic mass is 10.1. The van der Waals surface area contributed by atoms with E-state index in [0.29, 0.717) is 41.3 Å². The van der Waals surface area contributed by atoms with Gasteiger partial charge in [-0.2, -0.15) is 0 Å². The van der Waals surface area contributed by atoms with Gasteiger partial charge in [0, 0.05) is 17.8 Å². The van der Waals surface area contributed by atoms with Crippen molar-refractivity contribution in [2.24, 2.45) is 0 Å². The summed E-state index contributed by atoms with van der Waals surface area (Å²) < 4.78 is 10.6. The number of carbonyl (C=O) groups is 3. The lowest BCUT2D eigenvalue weighted by Crippen LogP contribution is -2.43. The van der Waals surface area contributed by atoms with Gasteiger partial charge in [-0.25, -0.2) is 0 Å². The van der Waals surface area contributed by atoms with Gasteiger partial charge >= 0.3 is 5.97 Å². The van der Waals surface area contributed by atoms with Gasteiger partial charge in [-0.05, 0) is 48.7 Å². The van der Waals surface area contributed by atoms with Crippen LogP contribution < -0.4 is 14.8 Å². The SMILES string of the molecule is O=C(O)Cc1cccc(NC(=O)C2CCCN2C(=O)c2ccc3c(c2)OCO3)c1. The fraction of sp³-hybridized carbons (Fsp3) is 0.286. The van der Waals surface area contributed by atoms with Crippen LogP contribution >= 0.6 is 0 Å². The van der Waals surface area contributed by atoms with E-state index in [9.17, 15) is 14.4 Å². The van der Waals surface area contributed by atoms with Crippen LogP contribution in [0.1, 0.15) is 28.8 Å². The van der Waals surface area contributed by atoms with Gasteiger partial charge in [-0.3, -0.25) is 14.4 Å². The van der Waals surface area contributed by atoms with Gasteiger partial charge in [0.15, 0.2) is 11.5 Å². The maximum atomic E-state index is 13.0. The zero-order valence-electron chi connectivity index (χ0n) is 15.6. The number of anilines is 1. The van der Waals surface area contributed by atoms with E-state index in [1.54, 1.807) is 47.4 Å². The molecule has 0 saturated carbocycles. The largest absolute Gasteiger partial charge is 0.481 e. The van der Waals surface area contributed by atoms with Gasteiger partial charge in [-0.1, -0.05) is 12.1 Å². The van der Waals surface area contributed by atoms with Crippen molar-refractivity contribution in [3.8, 4) is 11.5 Å². The normalized spacial score (nSPS) is 17.2. The molecule has 1 saturated heterocycles. The zero-order chi connectivity index (χ0) is 20.4. The second-order valence-electron chi connectivity index (χ2n) is 6.98. The number of amides is 2. The molecule has 150 valence electrons. The summed E-state index contributed by atoms with van der Waals surface area (Å²) in [7, 11) is 0. The Kier molecular flexibility index (Phi) is 5.07. The molecule has 2 heterocycles. The van der Waals surface area contributed by atoms with Gasteiger partial charge in [0.2, 0.25) is 12.7 Å². The fourth-order valence-corrected chi connectivity index (χ4v) is 3.64. The van der Waals surface area contributed by atoms with Crippen molar-refractivity contribution in [1.82, 2.24) is 4.90 Å². The van der Waals surface area contributed by atoms with Crippen LogP contribution in [0.5, 0.6) is 11.5 Å². The summed E-state index contributed by atoms with van der Waals surface area (Å²) in [5.41, 5.74) is 1.54. The molecular formula is C21H20N2O6. The van der Waals surface area contributed by atoms with E-state index in [4.69, 9.17) is 14.6 Å². The van der Waals surface area contributed by atoms with E-state index in [2.05, 4.69) is 5.32 Å². The first-order valence-electron chi connectivity index (χ1n) is 9.33. The van der Waals surface area contributed by atoms with Crippen LogP contribution in [0.15, 0.2) is 42.5 Å². The number of benzene rings is 2. The number of carboxylic acid groups (broad SMARTS) is 1. The second kappa shape index (κ2) is 7.83. The molecule has 0 bridgehead atoms. The number of ether oxygens (including phenoxy) is 2. The molecule has 0 radical (unpaired) electrons. The van der Waals surface area contributed by atoms with Gasteiger partial charge in [-0.15, -0.1) is 0 Å².